The first kappa shape index (κ1) is 17.9. The van der Waals surface area contributed by atoms with Crippen molar-refractivity contribution in [3.05, 3.63) is 27.7 Å². The quantitative estimate of drug-likeness (QED) is 0.759. The van der Waals surface area contributed by atoms with Gasteiger partial charge in [-0.15, -0.1) is 0 Å². The maximum atomic E-state index is 12.2. The van der Waals surface area contributed by atoms with E-state index in [1.54, 1.807) is 0 Å². The van der Waals surface area contributed by atoms with Crippen molar-refractivity contribution in [3.8, 4) is 0 Å². The standard InChI is InChI=1S/C13H19BrClNO3S/c1-13(2,6-3-7-17)9-16-20(18,19)10-4-5-12(15)11(14)8-10/h4-5,8,16-17H,3,6-7,9H2,1-2H3. The molecule has 0 aliphatic heterocycles. The summed E-state index contributed by atoms with van der Waals surface area (Å²) in [7, 11) is -3.56. The van der Waals surface area contributed by atoms with E-state index in [4.69, 9.17) is 16.7 Å². The number of hydrogen-bond donors (Lipinski definition) is 2. The highest BCUT2D eigenvalue weighted by Crippen LogP contribution is 2.26. The third-order valence-electron chi connectivity index (χ3n) is 2.95. The number of hydrogen-bond acceptors (Lipinski definition) is 3. The van der Waals surface area contributed by atoms with E-state index in [0.29, 0.717) is 22.5 Å². The van der Waals surface area contributed by atoms with Crippen LogP contribution in [0.3, 0.4) is 0 Å². The minimum atomic E-state index is -3.56. The summed E-state index contributed by atoms with van der Waals surface area (Å²) in [6.07, 6.45) is 1.40. The SMILES string of the molecule is CC(C)(CCCO)CNS(=O)(=O)c1ccc(Cl)c(Br)c1. The molecule has 0 saturated carbocycles. The second-order valence-corrected chi connectivity index (χ2v) is 8.42. The predicted octanol–water partition coefficient (Wildman–Crippen LogP) is 3.18. The van der Waals surface area contributed by atoms with Gasteiger partial charge in [0.25, 0.3) is 0 Å². The molecule has 0 saturated heterocycles. The molecular weight excluding hydrogens is 366 g/mol. The van der Waals surface area contributed by atoms with Gasteiger partial charge in [-0.1, -0.05) is 25.4 Å². The topological polar surface area (TPSA) is 66.4 Å². The Morgan fingerprint density at radius 1 is 1.40 bits per heavy atom. The average Bonchev–Trinajstić information content (AvgIpc) is 2.37. The van der Waals surface area contributed by atoms with Crippen molar-refractivity contribution >= 4 is 37.6 Å². The van der Waals surface area contributed by atoms with Crippen LogP contribution in [0.2, 0.25) is 5.02 Å². The Morgan fingerprint density at radius 2 is 2.05 bits per heavy atom. The lowest BCUT2D eigenvalue weighted by molar-refractivity contribution is 0.242. The summed E-state index contributed by atoms with van der Waals surface area (Å²) >= 11 is 9.06. The van der Waals surface area contributed by atoms with Gasteiger partial charge in [-0.05, 0) is 52.4 Å². The van der Waals surface area contributed by atoms with Crippen LogP contribution in [0.5, 0.6) is 0 Å². The highest BCUT2D eigenvalue weighted by molar-refractivity contribution is 9.10. The van der Waals surface area contributed by atoms with E-state index in [2.05, 4.69) is 20.7 Å². The Morgan fingerprint density at radius 3 is 2.60 bits per heavy atom. The lowest BCUT2D eigenvalue weighted by Gasteiger charge is -2.24. The lowest BCUT2D eigenvalue weighted by Crippen LogP contribution is -2.34. The molecule has 0 atom stereocenters. The monoisotopic (exact) mass is 383 g/mol. The molecule has 0 fully saturated rings. The van der Waals surface area contributed by atoms with Gasteiger partial charge in [0.2, 0.25) is 10.0 Å². The maximum absolute atomic E-state index is 12.2. The number of benzene rings is 1. The van der Waals surface area contributed by atoms with Crippen molar-refractivity contribution in [2.45, 2.75) is 31.6 Å². The molecule has 0 aromatic heterocycles. The van der Waals surface area contributed by atoms with Crippen LogP contribution < -0.4 is 4.72 Å². The Hall–Kier alpha value is -0.140. The molecule has 0 spiro atoms. The molecule has 20 heavy (non-hydrogen) atoms. The van der Waals surface area contributed by atoms with Crippen molar-refractivity contribution in [2.75, 3.05) is 13.2 Å². The predicted molar refractivity (Wildman–Crippen MR) is 84.4 cm³/mol. The van der Waals surface area contributed by atoms with Crippen molar-refractivity contribution in [1.82, 2.24) is 4.72 Å². The smallest absolute Gasteiger partial charge is 0.240 e. The Balaban J connectivity index is 2.77. The summed E-state index contributed by atoms with van der Waals surface area (Å²) < 4.78 is 27.5. The van der Waals surface area contributed by atoms with E-state index in [0.717, 1.165) is 6.42 Å². The highest BCUT2D eigenvalue weighted by Gasteiger charge is 2.22. The maximum Gasteiger partial charge on any atom is 0.240 e. The van der Waals surface area contributed by atoms with Crippen LogP contribution in [0.25, 0.3) is 0 Å². The van der Waals surface area contributed by atoms with Gasteiger partial charge in [0, 0.05) is 17.6 Å². The second kappa shape index (κ2) is 7.22. The minimum absolute atomic E-state index is 0.111. The first-order valence-corrected chi connectivity index (χ1v) is 8.89. The molecule has 1 aromatic rings. The average molecular weight is 385 g/mol. The molecule has 0 unspecified atom stereocenters. The molecule has 4 nitrogen and oxygen atoms in total. The van der Waals surface area contributed by atoms with Crippen LogP contribution in [-0.2, 0) is 10.0 Å². The lowest BCUT2D eigenvalue weighted by atomic mass is 9.88. The van der Waals surface area contributed by atoms with Crippen LogP contribution in [0.4, 0.5) is 0 Å². The number of aliphatic hydroxyl groups excluding tert-OH is 1. The van der Waals surface area contributed by atoms with E-state index in [9.17, 15) is 8.42 Å². The molecule has 0 heterocycles. The number of aliphatic hydroxyl groups is 1. The highest BCUT2D eigenvalue weighted by atomic mass is 79.9. The number of nitrogens with one attached hydrogen (secondary N) is 1. The second-order valence-electron chi connectivity index (χ2n) is 5.39. The van der Waals surface area contributed by atoms with Crippen LogP contribution in [0.1, 0.15) is 26.7 Å². The van der Waals surface area contributed by atoms with Gasteiger partial charge in [0.05, 0.1) is 9.92 Å². The fraction of sp³-hybridized carbons (Fsp3) is 0.538. The molecule has 0 amide bonds. The van der Waals surface area contributed by atoms with Gasteiger partial charge in [-0.25, -0.2) is 13.1 Å². The molecule has 0 aliphatic rings. The Kier molecular flexibility index (Phi) is 6.47. The van der Waals surface area contributed by atoms with Crippen molar-refractivity contribution in [2.24, 2.45) is 5.41 Å². The molecule has 1 aromatic carbocycles. The van der Waals surface area contributed by atoms with Gasteiger partial charge in [-0.2, -0.15) is 0 Å². The normalized spacial score (nSPS) is 12.7. The zero-order valence-corrected chi connectivity index (χ0v) is 14.6. The molecule has 7 heteroatoms. The van der Waals surface area contributed by atoms with Crippen molar-refractivity contribution in [1.29, 1.82) is 0 Å². The number of rotatable bonds is 7. The van der Waals surface area contributed by atoms with Crippen LogP contribution in [0, 0.1) is 5.41 Å². The summed E-state index contributed by atoms with van der Waals surface area (Å²) in [5.74, 6) is 0. The summed E-state index contributed by atoms with van der Waals surface area (Å²) in [4.78, 5) is 0.173. The number of halogens is 2. The molecule has 0 radical (unpaired) electrons. The van der Waals surface area contributed by atoms with Gasteiger partial charge < -0.3 is 5.11 Å². The van der Waals surface area contributed by atoms with Crippen molar-refractivity contribution in [3.63, 3.8) is 0 Å². The fourth-order valence-corrected chi connectivity index (χ4v) is 3.58. The Labute approximate surface area is 133 Å². The molecule has 0 aliphatic carbocycles. The van der Waals surface area contributed by atoms with E-state index in [1.165, 1.54) is 18.2 Å². The Bertz CT molecular complexity index is 561. The van der Waals surface area contributed by atoms with E-state index < -0.39 is 10.0 Å². The first-order valence-electron chi connectivity index (χ1n) is 6.23. The van der Waals surface area contributed by atoms with Crippen LogP contribution in [0.15, 0.2) is 27.6 Å². The third-order valence-corrected chi connectivity index (χ3v) is 5.57. The third kappa shape index (κ3) is 5.33. The van der Waals surface area contributed by atoms with E-state index >= 15 is 0 Å². The van der Waals surface area contributed by atoms with E-state index in [1.807, 2.05) is 13.8 Å². The fourth-order valence-electron chi connectivity index (χ4n) is 1.66. The summed E-state index contributed by atoms with van der Waals surface area (Å²) in [6, 6.07) is 4.48. The summed E-state index contributed by atoms with van der Waals surface area (Å²) in [5.41, 5.74) is -0.209. The van der Waals surface area contributed by atoms with Crippen LogP contribution >= 0.6 is 27.5 Å². The molecule has 0 bridgehead atoms. The largest absolute Gasteiger partial charge is 0.396 e. The zero-order valence-electron chi connectivity index (χ0n) is 11.5. The minimum Gasteiger partial charge on any atom is -0.396 e. The summed E-state index contributed by atoms with van der Waals surface area (Å²) in [6.45, 7) is 4.35. The van der Waals surface area contributed by atoms with Crippen LogP contribution in [-0.4, -0.2) is 26.7 Å². The van der Waals surface area contributed by atoms with Gasteiger partial charge in [0.15, 0.2) is 0 Å². The van der Waals surface area contributed by atoms with Gasteiger partial charge in [0.1, 0.15) is 0 Å². The van der Waals surface area contributed by atoms with E-state index in [-0.39, 0.29) is 16.9 Å². The number of sulfonamides is 1. The molecule has 1 rings (SSSR count). The molecule has 2 N–H and O–H groups in total. The van der Waals surface area contributed by atoms with Crippen molar-refractivity contribution < 1.29 is 13.5 Å². The molecular formula is C13H19BrClNO3S. The van der Waals surface area contributed by atoms with Gasteiger partial charge in [-0.3, -0.25) is 0 Å². The first-order chi connectivity index (χ1) is 9.18. The summed E-state index contributed by atoms with van der Waals surface area (Å²) in [5, 5.41) is 9.30. The van der Waals surface area contributed by atoms with Gasteiger partial charge >= 0.3 is 0 Å². The zero-order chi connectivity index (χ0) is 15.4. The molecule has 114 valence electrons.